The maximum absolute atomic E-state index is 12.6. The van der Waals surface area contributed by atoms with Crippen molar-refractivity contribution in [2.24, 2.45) is 0 Å². The van der Waals surface area contributed by atoms with E-state index >= 15 is 0 Å². The molecular weight excluding hydrogens is 368 g/mol. The second-order valence-corrected chi connectivity index (χ2v) is 6.44. The molecule has 0 unspecified atom stereocenters. The maximum atomic E-state index is 12.6. The van der Waals surface area contributed by atoms with Crippen molar-refractivity contribution in [3.05, 3.63) is 76.0 Å². The van der Waals surface area contributed by atoms with Crippen LogP contribution in [0.4, 0.5) is 0 Å². The van der Waals surface area contributed by atoms with E-state index in [1.165, 1.54) is 0 Å². The van der Waals surface area contributed by atoms with Gasteiger partial charge < -0.3 is 4.90 Å². The SMILES string of the molecule is Cc1ccccc1CN(C)C(=O)c1cn(-c2ccccc2Br)nn1. The lowest BCUT2D eigenvalue weighted by molar-refractivity contribution is 0.0779. The van der Waals surface area contributed by atoms with Gasteiger partial charge in [-0.25, -0.2) is 4.68 Å². The Balaban J connectivity index is 1.79. The molecule has 0 aliphatic rings. The number of aryl methyl sites for hydroxylation is 1. The Morgan fingerprint density at radius 3 is 2.62 bits per heavy atom. The van der Waals surface area contributed by atoms with Crippen LogP contribution in [0.2, 0.25) is 0 Å². The molecule has 5 nitrogen and oxygen atoms in total. The first kappa shape index (κ1) is 16.4. The van der Waals surface area contributed by atoms with E-state index in [4.69, 9.17) is 0 Å². The molecule has 0 saturated carbocycles. The number of hydrogen-bond donors (Lipinski definition) is 0. The zero-order valence-electron chi connectivity index (χ0n) is 13.5. The number of rotatable bonds is 4. The van der Waals surface area contributed by atoms with Crippen LogP contribution in [-0.4, -0.2) is 32.8 Å². The average molecular weight is 385 g/mol. The molecule has 0 aliphatic heterocycles. The Labute approximate surface area is 149 Å². The molecule has 1 heterocycles. The summed E-state index contributed by atoms with van der Waals surface area (Å²) in [6.07, 6.45) is 1.65. The van der Waals surface area contributed by atoms with Gasteiger partial charge in [0.1, 0.15) is 0 Å². The Kier molecular flexibility index (Phi) is 4.76. The van der Waals surface area contributed by atoms with E-state index in [0.29, 0.717) is 12.2 Å². The van der Waals surface area contributed by atoms with Crippen LogP contribution in [0.25, 0.3) is 5.69 Å². The molecule has 6 heteroatoms. The highest BCUT2D eigenvalue weighted by Gasteiger charge is 2.17. The molecule has 1 aromatic heterocycles. The van der Waals surface area contributed by atoms with Crippen LogP contribution >= 0.6 is 15.9 Å². The van der Waals surface area contributed by atoms with Crippen molar-refractivity contribution >= 4 is 21.8 Å². The molecule has 24 heavy (non-hydrogen) atoms. The zero-order chi connectivity index (χ0) is 17.1. The number of carbonyl (C=O) groups excluding carboxylic acids is 1. The molecule has 0 spiro atoms. The van der Waals surface area contributed by atoms with E-state index in [2.05, 4.69) is 26.2 Å². The van der Waals surface area contributed by atoms with Crippen LogP contribution in [0, 0.1) is 6.92 Å². The van der Waals surface area contributed by atoms with Crippen LogP contribution in [0.3, 0.4) is 0 Å². The number of aromatic nitrogens is 3. The van der Waals surface area contributed by atoms with Gasteiger partial charge in [0, 0.05) is 18.1 Å². The monoisotopic (exact) mass is 384 g/mol. The summed E-state index contributed by atoms with van der Waals surface area (Å²) in [5.41, 5.74) is 3.44. The summed E-state index contributed by atoms with van der Waals surface area (Å²) in [5.74, 6) is -0.156. The van der Waals surface area contributed by atoms with Gasteiger partial charge in [0.25, 0.3) is 5.91 Å². The Morgan fingerprint density at radius 2 is 1.88 bits per heavy atom. The average Bonchev–Trinajstić information content (AvgIpc) is 3.06. The van der Waals surface area contributed by atoms with E-state index in [1.54, 1.807) is 22.8 Å². The predicted octanol–water partition coefficient (Wildman–Crippen LogP) is 3.61. The van der Waals surface area contributed by atoms with E-state index in [0.717, 1.165) is 21.3 Å². The van der Waals surface area contributed by atoms with Crippen LogP contribution in [0.1, 0.15) is 21.6 Å². The topological polar surface area (TPSA) is 51.0 Å². The van der Waals surface area contributed by atoms with Gasteiger partial charge in [0.15, 0.2) is 5.69 Å². The van der Waals surface area contributed by atoms with Crippen molar-refractivity contribution in [1.82, 2.24) is 19.9 Å². The molecule has 0 atom stereocenters. The predicted molar refractivity (Wildman–Crippen MR) is 96.0 cm³/mol. The summed E-state index contributed by atoms with van der Waals surface area (Å²) < 4.78 is 2.49. The maximum Gasteiger partial charge on any atom is 0.276 e. The number of benzene rings is 2. The number of carbonyl (C=O) groups is 1. The van der Waals surface area contributed by atoms with Gasteiger partial charge in [0.2, 0.25) is 0 Å². The van der Waals surface area contributed by atoms with Gasteiger partial charge in [-0.05, 0) is 46.1 Å². The lowest BCUT2D eigenvalue weighted by atomic mass is 10.1. The standard InChI is InChI=1S/C18H17BrN4O/c1-13-7-3-4-8-14(13)11-22(2)18(24)16-12-23(21-20-16)17-10-6-5-9-15(17)19/h3-10,12H,11H2,1-2H3. The fourth-order valence-electron chi connectivity index (χ4n) is 2.43. The van der Waals surface area contributed by atoms with Crippen molar-refractivity contribution in [1.29, 1.82) is 0 Å². The number of para-hydroxylation sites is 1. The second-order valence-electron chi connectivity index (χ2n) is 5.59. The highest BCUT2D eigenvalue weighted by molar-refractivity contribution is 9.10. The van der Waals surface area contributed by atoms with Gasteiger partial charge in [-0.2, -0.15) is 0 Å². The molecule has 0 saturated heterocycles. The van der Waals surface area contributed by atoms with Crippen LogP contribution < -0.4 is 0 Å². The third kappa shape index (κ3) is 3.38. The Bertz CT molecular complexity index is 875. The molecule has 0 fully saturated rings. The van der Waals surface area contributed by atoms with Crippen molar-refractivity contribution < 1.29 is 4.79 Å². The summed E-state index contributed by atoms with van der Waals surface area (Å²) in [7, 11) is 1.77. The van der Waals surface area contributed by atoms with Crippen molar-refractivity contribution in [3.8, 4) is 5.69 Å². The van der Waals surface area contributed by atoms with E-state index in [9.17, 15) is 4.79 Å². The number of hydrogen-bond acceptors (Lipinski definition) is 3. The van der Waals surface area contributed by atoms with Crippen molar-refractivity contribution in [2.45, 2.75) is 13.5 Å². The first-order valence-corrected chi connectivity index (χ1v) is 8.33. The van der Waals surface area contributed by atoms with E-state index in [-0.39, 0.29) is 5.91 Å². The fourth-order valence-corrected chi connectivity index (χ4v) is 2.89. The van der Waals surface area contributed by atoms with Gasteiger partial charge in [0.05, 0.1) is 11.9 Å². The Hall–Kier alpha value is -2.47. The molecular formula is C18H17BrN4O. The van der Waals surface area contributed by atoms with Gasteiger partial charge in [-0.3, -0.25) is 4.79 Å². The summed E-state index contributed by atoms with van der Waals surface area (Å²) in [5, 5.41) is 8.08. The molecule has 3 rings (SSSR count). The second kappa shape index (κ2) is 6.97. The van der Waals surface area contributed by atoms with Gasteiger partial charge in [-0.15, -0.1) is 5.10 Å². The number of halogens is 1. The lowest BCUT2D eigenvalue weighted by Crippen LogP contribution is -2.26. The quantitative estimate of drug-likeness (QED) is 0.690. The van der Waals surface area contributed by atoms with Crippen molar-refractivity contribution in [2.75, 3.05) is 7.05 Å². The third-order valence-corrected chi connectivity index (χ3v) is 4.50. The minimum absolute atomic E-state index is 0.156. The molecule has 0 aliphatic carbocycles. The van der Waals surface area contributed by atoms with Crippen LogP contribution in [0.15, 0.2) is 59.2 Å². The summed E-state index contributed by atoms with van der Waals surface area (Å²) in [6, 6.07) is 15.7. The summed E-state index contributed by atoms with van der Waals surface area (Å²) in [6.45, 7) is 2.57. The fraction of sp³-hybridized carbons (Fsp3) is 0.167. The molecule has 0 N–H and O–H groups in total. The Morgan fingerprint density at radius 1 is 1.17 bits per heavy atom. The minimum Gasteiger partial charge on any atom is -0.336 e. The van der Waals surface area contributed by atoms with Gasteiger partial charge >= 0.3 is 0 Å². The highest BCUT2D eigenvalue weighted by atomic mass is 79.9. The minimum atomic E-state index is -0.156. The summed E-state index contributed by atoms with van der Waals surface area (Å²) >= 11 is 3.48. The molecule has 1 amide bonds. The first-order valence-electron chi connectivity index (χ1n) is 7.53. The summed E-state index contributed by atoms with van der Waals surface area (Å²) in [4.78, 5) is 14.2. The largest absolute Gasteiger partial charge is 0.336 e. The molecule has 2 aromatic carbocycles. The molecule has 0 bridgehead atoms. The van der Waals surface area contributed by atoms with E-state index in [1.807, 2.05) is 55.5 Å². The zero-order valence-corrected chi connectivity index (χ0v) is 15.1. The first-order chi connectivity index (χ1) is 11.6. The molecule has 3 aromatic rings. The third-order valence-electron chi connectivity index (χ3n) is 3.83. The molecule has 0 radical (unpaired) electrons. The van der Waals surface area contributed by atoms with Crippen LogP contribution in [-0.2, 0) is 6.54 Å². The normalized spacial score (nSPS) is 10.6. The highest BCUT2D eigenvalue weighted by Crippen LogP contribution is 2.20. The number of amides is 1. The smallest absolute Gasteiger partial charge is 0.276 e. The van der Waals surface area contributed by atoms with Crippen LogP contribution in [0.5, 0.6) is 0 Å². The van der Waals surface area contributed by atoms with E-state index < -0.39 is 0 Å². The number of nitrogens with zero attached hydrogens (tertiary/aromatic N) is 4. The van der Waals surface area contributed by atoms with Crippen molar-refractivity contribution in [3.63, 3.8) is 0 Å². The lowest BCUT2D eigenvalue weighted by Gasteiger charge is -2.17. The molecule has 122 valence electrons. The van der Waals surface area contributed by atoms with Gasteiger partial charge in [-0.1, -0.05) is 41.6 Å².